The molecule has 0 saturated heterocycles. The Morgan fingerprint density at radius 3 is 1.19 bits per heavy atom. The second-order valence-electron chi connectivity index (χ2n) is 9.38. The standard InChI is InChI=1S/C9H11.C8H9.C7H5ClF.2C7H6Cl.5ClH.5Mg/c1-7-4-5-8(2)9(3)6-7;1-7-4-3-5-8(2)6-7;1-5-6(8)3-2-4-7(5)9;1-6-2-4-7(8)5-3-6;1-6-3-2-4-7(8)5-6;;;;;;;;;;/h4-6H,3H2,1-2H3;3-6H,1H2,2H3;2-4H,1H2;2*2-5H,1H2;5*1H;;;;;/q5*-1;;;;;;5*+2/p-5. The SMILES string of the molecule is [CH2-]c1c(F)cccc1Cl.[CH2-]c1cc(C)ccc1C.[CH2-]c1ccc(Cl)cc1.[CH2-]c1cccc(C)c1.[CH2-]c1cccc(Cl)c1.[Cl-].[Cl-].[Cl-].[Cl-].[Cl-].[Mg+2].[Mg+2].[Mg+2].[Mg+2].[Mg+2]. The zero-order valence-electron chi connectivity index (χ0n) is 29.9. The first kappa shape index (κ1) is 78.0. The summed E-state index contributed by atoms with van der Waals surface area (Å²) in [6.07, 6.45) is 0. The molecule has 0 saturated carbocycles. The van der Waals surface area contributed by atoms with Crippen LogP contribution in [-0.4, -0.2) is 115 Å². The summed E-state index contributed by atoms with van der Waals surface area (Å²) >= 11 is 16.7. The summed E-state index contributed by atoms with van der Waals surface area (Å²) in [5.74, 6) is -0.359. The van der Waals surface area contributed by atoms with Crippen LogP contribution in [0.25, 0.3) is 0 Å². The molecule has 262 valence electrons. The van der Waals surface area contributed by atoms with Gasteiger partial charge in [0.05, 0.1) is 0 Å². The van der Waals surface area contributed by atoms with Crippen molar-refractivity contribution in [2.45, 2.75) is 20.8 Å². The van der Waals surface area contributed by atoms with Crippen molar-refractivity contribution in [2.24, 2.45) is 0 Å². The number of halogens is 9. The Labute approximate surface area is 440 Å². The molecule has 0 bridgehead atoms. The molecule has 0 aliphatic rings. The topological polar surface area (TPSA) is 0 Å². The van der Waals surface area contributed by atoms with Gasteiger partial charge in [-0.15, -0.1) is 47.0 Å². The van der Waals surface area contributed by atoms with Crippen molar-refractivity contribution >= 4 is 150 Å². The Hall–Kier alpha value is 1.53. The van der Waals surface area contributed by atoms with Crippen molar-refractivity contribution in [2.75, 3.05) is 0 Å². The van der Waals surface area contributed by atoms with E-state index in [0.29, 0.717) is 5.02 Å². The third-order valence-electron chi connectivity index (χ3n) is 5.45. The second kappa shape index (κ2) is 45.2. The van der Waals surface area contributed by atoms with Crippen molar-refractivity contribution < 1.29 is 66.4 Å². The average molecular weight is 918 g/mol. The Balaban J connectivity index is -0.0000000506. The van der Waals surface area contributed by atoms with Gasteiger partial charge in [-0.05, 0) is 5.02 Å². The zero-order valence-corrected chi connectivity index (χ0v) is 43.0. The fraction of sp³-hybridized carbons (Fsp3) is 0.0789. The van der Waals surface area contributed by atoms with Crippen LogP contribution in [0.4, 0.5) is 4.39 Å². The second-order valence-corrected chi connectivity index (χ2v) is 10.7. The van der Waals surface area contributed by atoms with E-state index in [-0.39, 0.29) is 189 Å². The average Bonchev–Trinajstić information content (AvgIpc) is 2.92. The van der Waals surface area contributed by atoms with E-state index in [0.717, 1.165) is 32.3 Å². The molecule has 5 aromatic carbocycles. The van der Waals surface area contributed by atoms with Crippen molar-refractivity contribution in [3.8, 4) is 0 Å². The van der Waals surface area contributed by atoms with Crippen LogP contribution in [-0.2, 0) is 0 Å². The van der Waals surface area contributed by atoms with Gasteiger partial charge in [0, 0.05) is 10.8 Å². The Morgan fingerprint density at radius 2 is 0.885 bits per heavy atom. The molecule has 5 rings (SSSR count). The summed E-state index contributed by atoms with van der Waals surface area (Å²) in [6.45, 7) is 24.7. The van der Waals surface area contributed by atoms with Gasteiger partial charge in [-0.1, -0.05) is 91.5 Å². The van der Waals surface area contributed by atoms with Gasteiger partial charge in [-0.3, -0.25) is 4.39 Å². The normalized spacial score (nSPS) is 7.52. The molecule has 0 unspecified atom stereocenters. The first-order chi connectivity index (χ1) is 19.8. The van der Waals surface area contributed by atoms with Crippen molar-refractivity contribution in [1.82, 2.24) is 0 Å². The summed E-state index contributed by atoms with van der Waals surface area (Å²) in [5.41, 5.74) is 8.26. The molecule has 0 radical (unpaired) electrons. The maximum absolute atomic E-state index is 12.4. The molecular weight excluding hydrogens is 881 g/mol. The van der Waals surface area contributed by atoms with E-state index in [4.69, 9.17) is 34.8 Å². The first-order valence-electron chi connectivity index (χ1n) is 13.0. The molecule has 14 heteroatoms. The van der Waals surface area contributed by atoms with Gasteiger partial charge in [0.2, 0.25) is 0 Å². The molecule has 0 amide bonds. The summed E-state index contributed by atoms with van der Waals surface area (Å²) < 4.78 is 12.4. The molecule has 5 aromatic rings. The minimum atomic E-state index is -0.359. The zero-order chi connectivity index (χ0) is 31.7. The largest absolute Gasteiger partial charge is 2.00 e. The summed E-state index contributed by atoms with van der Waals surface area (Å²) in [6, 6.07) is 33.7. The number of rotatable bonds is 0. The van der Waals surface area contributed by atoms with E-state index in [9.17, 15) is 4.39 Å². The van der Waals surface area contributed by atoms with Crippen LogP contribution in [0.2, 0.25) is 15.1 Å². The van der Waals surface area contributed by atoms with Gasteiger partial charge in [-0.2, -0.15) is 110 Å². The monoisotopic (exact) mass is 912 g/mol. The maximum Gasteiger partial charge on any atom is 2.00 e. The third-order valence-corrected chi connectivity index (χ3v) is 6.29. The molecule has 0 aromatic heterocycles. The predicted molar refractivity (Wildman–Crippen MR) is 212 cm³/mol. The maximum atomic E-state index is 12.4. The summed E-state index contributed by atoms with van der Waals surface area (Å²) in [5, 5.41) is 1.88. The van der Waals surface area contributed by atoms with Gasteiger partial charge in [0.15, 0.2) is 0 Å². The molecule has 0 heterocycles. The van der Waals surface area contributed by atoms with Crippen LogP contribution in [0.3, 0.4) is 0 Å². The molecule has 52 heavy (non-hydrogen) atoms. The molecule has 0 nitrogen and oxygen atoms in total. The van der Waals surface area contributed by atoms with Crippen LogP contribution in [0.1, 0.15) is 44.5 Å². The van der Waals surface area contributed by atoms with E-state index in [2.05, 4.69) is 85.7 Å². The fourth-order valence-electron chi connectivity index (χ4n) is 3.07. The minimum Gasteiger partial charge on any atom is -1.00 e. The number of hydrogen-bond donors (Lipinski definition) is 0. The smallest absolute Gasteiger partial charge is 1.00 e. The quantitative estimate of drug-likeness (QED) is 0.109. The van der Waals surface area contributed by atoms with Gasteiger partial charge in [0.25, 0.3) is 0 Å². The number of benzene rings is 5. The fourth-order valence-corrected chi connectivity index (χ4v) is 3.57. The van der Waals surface area contributed by atoms with Crippen molar-refractivity contribution in [3.05, 3.63) is 209 Å². The van der Waals surface area contributed by atoms with Crippen LogP contribution in [0.5, 0.6) is 0 Å². The van der Waals surface area contributed by atoms with E-state index in [1.165, 1.54) is 22.8 Å². The Kier molecular flexibility index (Phi) is 67.8. The van der Waals surface area contributed by atoms with Gasteiger partial charge in [0.1, 0.15) is 0 Å². The van der Waals surface area contributed by atoms with Gasteiger partial charge < -0.3 is 62.0 Å². The predicted octanol–water partition coefficient (Wildman–Crippen LogP) is -4.52. The van der Waals surface area contributed by atoms with Crippen molar-refractivity contribution in [1.29, 1.82) is 0 Å². The number of hydrogen-bond acceptors (Lipinski definition) is 0. The molecule has 0 aliphatic carbocycles. The Morgan fingerprint density at radius 1 is 0.442 bits per heavy atom. The van der Waals surface area contributed by atoms with E-state index < -0.39 is 0 Å². The molecule has 0 aliphatic heterocycles. The molecule has 0 fully saturated rings. The van der Waals surface area contributed by atoms with Crippen LogP contribution < -0.4 is 62.0 Å². The van der Waals surface area contributed by atoms with Crippen molar-refractivity contribution in [3.63, 3.8) is 0 Å². The minimum absolute atomic E-state index is 0. The van der Waals surface area contributed by atoms with Gasteiger partial charge >= 0.3 is 115 Å². The molecule has 0 atom stereocenters. The summed E-state index contributed by atoms with van der Waals surface area (Å²) in [4.78, 5) is 0. The van der Waals surface area contributed by atoms with E-state index in [1.54, 1.807) is 12.1 Å². The first-order valence-corrected chi connectivity index (χ1v) is 14.1. The van der Waals surface area contributed by atoms with Gasteiger partial charge in [-0.25, -0.2) is 0 Å². The summed E-state index contributed by atoms with van der Waals surface area (Å²) in [7, 11) is 0. The Bertz CT molecular complexity index is 1410. The van der Waals surface area contributed by atoms with E-state index in [1.807, 2.05) is 60.7 Å². The molecule has 0 spiro atoms. The third kappa shape index (κ3) is 38.4. The molecule has 0 N–H and O–H groups in total. The number of aryl methyl sites for hydroxylation is 3. The van der Waals surface area contributed by atoms with Crippen LogP contribution in [0, 0.1) is 61.2 Å². The molecular formula is C38H37Cl8FMg5. The van der Waals surface area contributed by atoms with E-state index >= 15 is 0 Å². The van der Waals surface area contributed by atoms with Crippen LogP contribution in [0.15, 0.2) is 109 Å². The van der Waals surface area contributed by atoms with Crippen LogP contribution >= 0.6 is 34.8 Å².